The third-order valence-electron chi connectivity index (χ3n) is 2.04. The van der Waals surface area contributed by atoms with E-state index < -0.39 is 17.5 Å². The number of nitrogens with zero attached hydrogens (tertiary/aromatic N) is 1. The lowest BCUT2D eigenvalue weighted by Gasteiger charge is -2.28. The molecular weight excluding hydrogens is 202 g/mol. The molecule has 0 aromatic rings. The topological polar surface area (TPSA) is 98.1 Å². The van der Waals surface area contributed by atoms with Gasteiger partial charge in [0.25, 0.3) is 0 Å². The first-order chi connectivity index (χ1) is 6.76. The highest BCUT2D eigenvalue weighted by molar-refractivity contribution is 5.72. The maximum atomic E-state index is 10.4. The highest BCUT2D eigenvalue weighted by Gasteiger charge is 2.24. The lowest BCUT2D eigenvalue weighted by atomic mass is 10.0. The minimum Gasteiger partial charge on any atom is -0.480 e. The van der Waals surface area contributed by atoms with Crippen molar-refractivity contribution in [1.82, 2.24) is 4.90 Å². The van der Waals surface area contributed by atoms with E-state index in [2.05, 4.69) is 0 Å². The molecule has 88 valence electrons. The number of aliphatic hydroxyl groups is 1. The Balaban J connectivity index is 4.36. The van der Waals surface area contributed by atoms with Crippen LogP contribution in [0.2, 0.25) is 0 Å². The number of hydrogen-bond donors (Lipinski definition) is 3. The van der Waals surface area contributed by atoms with Crippen molar-refractivity contribution in [2.75, 3.05) is 19.6 Å². The van der Waals surface area contributed by atoms with Gasteiger partial charge in [0, 0.05) is 6.54 Å². The monoisotopic (exact) mass is 219 g/mol. The zero-order valence-electron chi connectivity index (χ0n) is 8.93. The minimum atomic E-state index is -1.11. The van der Waals surface area contributed by atoms with Crippen LogP contribution in [0.4, 0.5) is 0 Å². The number of aliphatic carboxylic acids is 2. The molecule has 0 aromatic carbocycles. The number of carbonyl (C=O) groups is 2. The zero-order valence-corrected chi connectivity index (χ0v) is 8.93. The maximum absolute atomic E-state index is 10.4. The van der Waals surface area contributed by atoms with Gasteiger partial charge in [-0.25, -0.2) is 0 Å². The van der Waals surface area contributed by atoms with Crippen molar-refractivity contribution in [1.29, 1.82) is 0 Å². The third-order valence-corrected chi connectivity index (χ3v) is 2.04. The van der Waals surface area contributed by atoms with E-state index in [4.69, 9.17) is 10.2 Å². The normalized spacial score (nSPS) is 14.9. The van der Waals surface area contributed by atoms with E-state index in [0.29, 0.717) is 6.42 Å². The maximum Gasteiger partial charge on any atom is 0.317 e. The molecule has 6 nitrogen and oxygen atoms in total. The van der Waals surface area contributed by atoms with E-state index in [1.54, 1.807) is 13.8 Å². The van der Waals surface area contributed by atoms with Crippen LogP contribution in [-0.4, -0.2) is 57.4 Å². The molecule has 0 aliphatic heterocycles. The molecule has 6 heteroatoms. The fourth-order valence-corrected chi connectivity index (χ4v) is 1.14. The van der Waals surface area contributed by atoms with E-state index in [9.17, 15) is 14.7 Å². The highest BCUT2D eigenvalue weighted by atomic mass is 16.4. The van der Waals surface area contributed by atoms with Crippen molar-refractivity contribution < 1.29 is 24.9 Å². The summed E-state index contributed by atoms with van der Waals surface area (Å²) in [6.45, 7) is 2.55. The summed E-state index contributed by atoms with van der Waals surface area (Å²) in [6, 6.07) is 0. The lowest BCUT2D eigenvalue weighted by Crippen LogP contribution is -2.44. The standard InChI is InChI=1S/C9H17NO5/c1-3-9(2,15)6-10(4-7(11)12)5-8(13)14/h15H,3-6H2,1-2H3,(H,11,12)(H,13,14). The fraction of sp³-hybridized carbons (Fsp3) is 0.778. The van der Waals surface area contributed by atoms with E-state index in [1.807, 2.05) is 0 Å². The molecule has 0 amide bonds. The highest BCUT2D eigenvalue weighted by Crippen LogP contribution is 2.10. The predicted molar refractivity (Wildman–Crippen MR) is 52.6 cm³/mol. The van der Waals surface area contributed by atoms with Gasteiger partial charge in [-0.05, 0) is 13.3 Å². The summed E-state index contributed by atoms with van der Waals surface area (Å²) in [5, 5.41) is 26.8. The largest absolute Gasteiger partial charge is 0.480 e. The van der Waals surface area contributed by atoms with Crippen LogP contribution in [-0.2, 0) is 9.59 Å². The SMILES string of the molecule is CCC(C)(O)CN(CC(=O)O)CC(=O)O. The van der Waals surface area contributed by atoms with Crippen molar-refractivity contribution in [2.24, 2.45) is 0 Å². The van der Waals surface area contributed by atoms with Crippen molar-refractivity contribution in [3.8, 4) is 0 Å². The second-order valence-electron chi connectivity index (χ2n) is 3.78. The van der Waals surface area contributed by atoms with Crippen molar-refractivity contribution >= 4 is 11.9 Å². The predicted octanol–water partition coefficient (Wildman–Crippen LogP) is -0.381. The molecule has 0 saturated carbocycles. The summed E-state index contributed by atoms with van der Waals surface area (Å²) >= 11 is 0. The van der Waals surface area contributed by atoms with Crippen LogP contribution in [0.25, 0.3) is 0 Å². The molecule has 3 N–H and O–H groups in total. The average Bonchev–Trinajstić information content (AvgIpc) is 2.00. The Morgan fingerprint density at radius 1 is 1.20 bits per heavy atom. The molecule has 0 rings (SSSR count). The molecule has 15 heavy (non-hydrogen) atoms. The Hall–Kier alpha value is -1.14. The van der Waals surface area contributed by atoms with Crippen molar-refractivity contribution in [2.45, 2.75) is 25.9 Å². The Bertz CT molecular complexity index is 223. The summed E-state index contributed by atoms with van der Waals surface area (Å²) in [7, 11) is 0. The summed E-state index contributed by atoms with van der Waals surface area (Å²) in [6.07, 6.45) is 0.433. The molecule has 0 aliphatic carbocycles. The number of hydrogen-bond acceptors (Lipinski definition) is 4. The molecule has 0 fully saturated rings. The van der Waals surface area contributed by atoms with E-state index in [-0.39, 0.29) is 19.6 Å². The van der Waals surface area contributed by atoms with Crippen LogP contribution in [0.15, 0.2) is 0 Å². The Labute approximate surface area is 88.1 Å². The second-order valence-corrected chi connectivity index (χ2v) is 3.78. The van der Waals surface area contributed by atoms with E-state index >= 15 is 0 Å². The molecule has 0 aromatic heterocycles. The molecule has 0 aliphatic rings. The Kier molecular flexibility index (Phi) is 5.24. The quantitative estimate of drug-likeness (QED) is 0.540. The van der Waals surface area contributed by atoms with Crippen LogP contribution in [0, 0.1) is 0 Å². The smallest absolute Gasteiger partial charge is 0.317 e. The van der Waals surface area contributed by atoms with Gasteiger partial charge in [0.1, 0.15) is 0 Å². The van der Waals surface area contributed by atoms with Gasteiger partial charge in [-0.1, -0.05) is 6.92 Å². The van der Waals surface area contributed by atoms with Gasteiger partial charge in [-0.3, -0.25) is 14.5 Å². The molecule has 1 unspecified atom stereocenters. The van der Waals surface area contributed by atoms with E-state index in [1.165, 1.54) is 4.90 Å². The van der Waals surface area contributed by atoms with Gasteiger partial charge in [0.2, 0.25) is 0 Å². The minimum absolute atomic E-state index is 0.0299. The summed E-state index contributed by atoms with van der Waals surface area (Å²) < 4.78 is 0. The summed E-state index contributed by atoms with van der Waals surface area (Å²) in [4.78, 5) is 22.1. The van der Waals surface area contributed by atoms with Gasteiger partial charge in [0.15, 0.2) is 0 Å². The fourth-order valence-electron chi connectivity index (χ4n) is 1.14. The van der Waals surface area contributed by atoms with Gasteiger partial charge >= 0.3 is 11.9 Å². The number of carboxylic acid groups (broad SMARTS) is 2. The van der Waals surface area contributed by atoms with Crippen molar-refractivity contribution in [3.63, 3.8) is 0 Å². The van der Waals surface area contributed by atoms with Gasteiger partial charge in [-0.2, -0.15) is 0 Å². The number of rotatable bonds is 7. The molecular formula is C9H17NO5. The molecule has 0 radical (unpaired) electrons. The molecule has 0 saturated heterocycles. The second kappa shape index (κ2) is 5.67. The zero-order chi connectivity index (χ0) is 12.1. The van der Waals surface area contributed by atoms with Gasteiger partial charge < -0.3 is 15.3 Å². The van der Waals surface area contributed by atoms with Crippen LogP contribution < -0.4 is 0 Å². The first kappa shape index (κ1) is 13.9. The van der Waals surface area contributed by atoms with Crippen LogP contribution in [0.3, 0.4) is 0 Å². The molecule has 0 bridgehead atoms. The van der Waals surface area contributed by atoms with Crippen LogP contribution in [0.1, 0.15) is 20.3 Å². The van der Waals surface area contributed by atoms with Crippen LogP contribution >= 0.6 is 0 Å². The number of carboxylic acids is 2. The Morgan fingerprint density at radius 3 is 1.87 bits per heavy atom. The van der Waals surface area contributed by atoms with Crippen molar-refractivity contribution in [3.05, 3.63) is 0 Å². The first-order valence-electron chi connectivity index (χ1n) is 4.65. The first-order valence-corrected chi connectivity index (χ1v) is 4.65. The molecule has 1 atom stereocenters. The molecule has 0 spiro atoms. The summed E-state index contributed by atoms with van der Waals surface area (Å²) in [5.74, 6) is -2.22. The lowest BCUT2D eigenvalue weighted by molar-refractivity contribution is -0.143. The van der Waals surface area contributed by atoms with Gasteiger partial charge in [-0.15, -0.1) is 0 Å². The molecule has 0 heterocycles. The average molecular weight is 219 g/mol. The van der Waals surface area contributed by atoms with E-state index in [0.717, 1.165) is 0 Å². The van der Waals surface area contributed by atoms with Crippen LogP contribution in [0.5, 0.6) is 0 Å². The summed E-state index contributed by atoms with van der Waals surface area (Å²) in [5.41, 5.74) is -1.06. The third kappa shape index (κ3) is 6.87. The van der Waals surface area contributed by atoms with Gasteiger partial charge in [0.05, 0.1) is 18.7 Å². The Morgan fingerprint density at radius 2 is 1.60 bits per heavy atom.